The summed E-state index contributed by atoms with van der Waals surface area (Å²) in [5.41, 5.74) is 24.2. The summed E-state index contributed by atoms with van der Waals surface area (Å²) in [6.07, 6.45) is 0. The second kappa shape index (κ2) is 23.3. The SMILES string of the molecule is N#Cc1ccc(-c2c(-n3c4ccc(-c5ccccc5)cc4c4cc(-c5ccccc5)ccc43)c(-c3ccccc3)nc(-n3c4ccc(-c5ccccc5)cc4c4cc(-c5ccccc5)ccc43)c2-n2c3ccc(-c4ccccc4)cc3c3cc(-c4ccccc4)ccc32)cc1C#N. The number of nitriles is 2. The molecule has 18 aromatic rings. The molecule has 4 heterocycles. The van der Waals surface area contributed by atoms with E-state index in [1.54, 1.807) is 0 Å². The van der Waals surface area contributed by atoms with E-state index < -0.39 is 0 Å². The van der Waals surface area contributed by atoms with E-state index in [1.807, 2.05) is 18.2 Å². The Bertz CT molecular complexity index is 5930. The third-order valence-electron chi connectivity index (χ3n) is 19.3. The van der Waals surface area contributed by atoms with E-state index in [1.165, 1.54) is 0 Å². The highest BCUT2D eigenvalue weighted by molar-refractivity contribution is 6.17. The van der Waals surface area contributed by atoms with Crippen molar-refractivity contribution in [3.8, 4) is 118 Å². The maximum atomic E-state index is 11.3. The Morgan fingerprint density at radius 2 is 0.474 bits per heavy atom. The van der Waals surface area contributed by atoms with Gasteiger partial charge in [-0.1, -0.05) is 255 Å². The number of nitrogens with zero attached hydrogens (tertiary/aromatic N) is 6. The molecule has 0 saturated carbocycles. The third kappa shape index (κ3) is 9.51. The molecule has 6 nitrogen and oxygen atoms in total. The molecule has 0 unspecified atom stereocenters. The molecule has 0 radical (unpaired) electrons. The number of pyridine rings is 1. The van der Waals surface area contributed by atoms with Crippen molar-refractivity contribution in [1.29, 1.82) is 10.5 Å². The molecular formula is C91H56N6. The Hall–Kier alpha value is -13.4. The number of fused-ring (bicyclic) bond motifs is 9. The van der Waals surface area contributed by atoms with Crippen molar-refractivity contribution >= 4 is 65.4 Å². The van der Waals surface area contributed by atoms with Gasteiger partial charge < -0.3 is 9.13 Å². The lowest BCUT2D eigenvalue weighted by Crippen LogP contribution is -2.13. The number of rotatable bonds is 11. The van der Waals surface area contributed by atoms with Gasteiger partial charge in [-0.15, -0.1) is 0 Å². The van der Waals surface area contributed by atoms with Crippen LogP contribution in [-0.4, -0.2) is 18.7 Å². The van der Waals surface area contributed by atoms with E-state index in [0.717, 1.165) is 160 Å². The number of benzene rings is 14. The van der Waals surface area contributed by atoms with E-state index in [4.69, 9.17) is 4.98 Å². The van der Waals surface area contributed by atoms with E-state index in [-0.39, 0.29) is 11.1 Å². The molecule has 0 N–H and O–H groups in total. The zero-order valence-corrected chi connectivity index (χ0v) is 52.5. The van der Waals surface area contributed by atoms with Crippen LogP contribution in [0, 0.1) is 22.7 Å². The largest absolute Gasteiger partial charge is 0.306 e. The molecule has 0 atom stereocenters. The van der Waals surface area contributed by atoms with Crippen LogP contribution in [0.5, 0.6) is 0 Å². The first-order valence-corrected chi connectivity index (χ1v) is 32.7. The second-order valence-electron chi connectivity index (χ2n) is 24.8. The van der Waals surface area contributed by atoms with Crippen LogP contribution in [-0.2, 0) is 0 Å². The molecule has 97 heavy (non-hydrogen) atoms. The minimum absolute atomic E-state index is 0.264. The average Bonchev–Trinajstić information content (AvgIpc) is 1.59. The summed E-state index contributed by atoms with van der Waals surface area (Å²) in [5.74, 6) is 0.664. The fourth-order valence-electron chi connectivity index (χ4n) is 14.7. The molecule has 18 rings (SSSR count). The van der Waals surface area contributed by atoms with Gasteiger partial charge in [0.1, 0.15) is 12.1 Å². The van der Waals surface area contributed by atoms with Gasteiger partial charge in [0.05, 0.1) is 61.3 Å². The predicted molar refractivity (Wildman–Crippen MR) is 400 cm³/mol. The highest BCUT2D eigenvalue weighted by atomic mass is 15.1. The number of hydrogen-bond acceptors (Lipinski definition) is 3. The Labute approximate surface area is 560 Å². The smallest absolute Gasteiger partial charge is 0.163 e. The molecule has 0 saturated heterocycles. The van der Waals surface area contributed by atoms with Gasteiger partial charge in [0.25, 0.3) is 0 Å². The molecule has 4 aromatic heterocycles. The van der Waals surface area contributed by atoms with Crippen LogP contribution >= 0.6 is 0 Å². The minimum atomic E-state index is 0.264. The van der Waals surface area contributed by atoms with Crippen molar-refractivity contribution in [2.24, 2.45) is 0 Å². The molecular weight excluding hydrogens is 1180 g/mol. The van der Waals surface area contributed by atoms with Gasteiger partial charge in [-0.25, -0.2) is 4.98 Å². The molecule has 0 aliphatic rings. The van der Waals surface area contributed by atoms with Crippen LogP contribution in [0.2, 0.25) is 0 Å². The monoisotopic (exact) mass is 1230 g/mol. The summed E-state index contributed by atoms with van der Waals surface area (Å²) >= 11 is 0. The second-order valence-corrected chi connectivity index (χ2v) is 24.8. The quantitative estimate of drug-likeness (QED) is 0.129. The van der Waals surface area contributed by atoms with Crippen LogP contribution in [0.3, 0.4) is 0 Å². The summed E-state index contributed by atoms with van der Waals surface area (Å²) in [4.78, 5) is 6.41. The Kier molecular flexibility index (Phi) is 13.6. The van der Waals surface area contributed by atoms with Crippen LogP contribution in [0.15, 0.2) is 340 Å². The molecule has 0 spiro atoms. The highest BCUT2D eigenvalue weighted by Gasteiger charge is 2.32. The fraction of sp³-hybridized carbons (Fsp3) is 0. The average molecular weight is 1230 g/mol. The molecule has 450 valence electrons. The van der Waals surface area contributed by atoms with Crippen molar-refractivity contribution in [1.82, 2.24) is 18.7 Å². The molecule has 14 aromatic carbocycles. The minimum Gasteiger partial charge on any atom is -0.306 e. The van der Waals surface area contributed by atoms with Crippen molar-refractivity contribution in [3.05, 3.63) is 351 Å². The van der Waals surface area contributed by atoms with E-state index in [0.29, 0.717) is 11.5 Å². The Morgan fingerprint density at radius 3 is 0.763 bits per heavy atom. The van der Waals surface area contributed by atoms with Crippen LogP contribution in [0.25, 0.3) is 172 Å². The van der Waals surface area contributed by atoms with Crippen LogP contribution < -0.4 is 0 Å². The Balaban J connectivity index is 1.08. The molecule has 6 heteroatoms. The van der Waals surface area contributed by atoms with Crippen molar-refractivity contribution in [2.75, 3.05) is 0 Å². The molecule has 0 bridgehead atoms. The summed E-state index contributed by atoms with van der Waals surface area (Å²) in [7, 11) is 0. The first-order chi connectivity index (χ1) is 48.0. The van der Waals surface area contributed by atoms with Gasteiger partial charge in [-0.05, 0) is 157 Å². The van der Waals surface area contributed by atoms with E-state index >= 15 is 0 Å². The maximum Gasteiger partial charge on any atom is 0.163 e. The molecule has 0 aliphatic heterocycles. The van der Waals surface area contributed by atoms with E-state index in [2.05, 4.69) is 347 Å². The lowest BCUT2D eigenvalue weighted by molar-refractivity contribution is 1.01. The molecule has 0 amide bonds. The van der Waals surface area contributed by atoms with Gasteiger partial charge in [0, 0.05) is 43.4 Å². The van der Waals surface area contributed by atoms with Gasteiger partial charge in [-0.2, -0.15) is 10.5 Å². The standard InChI is InChI=1S/C91H56N6/c92-57-73-37-36-72(50-74(73)58-93)87-89(95-81-44-38-66(59-22-8-1-9-23-59)51-75(81)76-52-67(39-45-82(76)95)60-24-10-2-11-25-60)88(65-34-20-7-21-35-65)94-91(97-85-48-42-70(63-30-16-5-17-31-63)55-79(85)80-56-71(43-49-86(80)97)64-32-18-6-19-33-64)90(87)96-83-46-40-68(61-26-12-3-13-27-61)53-77(83)78-54-69(41-47-84(78)96)62-28-14-4-15-29-62/h1-56H. The first-order valence-electron chi connectivity index (χ1n) is 32.7. The topological polar surface area (TPSA) is 75.3 Å². The summed E-state index contributed by atoms with van der Waals surface area (Å²) in [6.45, 7) is 0. The van der Waals surface area contributed by atoms with Crippen molar-refractivity contribution < 1.29 is 0 Å². The maximum absolute atomic E-state index is 11.3. The lowest BCUT2D eigenvalue weighted by atomic mass is 9.94. The van der Waals surface area contributed by atoms with Gasteiger partial charge in [0.15, 0.2) is 5.82 Å². The fourth-order valence-corrected chi connectivity index (χ4v) is 14.7. The Morgan fingerprint density at radius 1 is 0.216 bits per heavy atom. The first kappa shape index (κ1) is 56.4. The van der Waals surface area contributed by atoms with Crippen molar-refractivity contribution in [2.45, 2.75) is 0 Å². The predicted octanol–water partition coefficient (Wildman–Crippen LogP) is 23.5. The van der Waals surface area contributed by atoms with Crippen LogP contribution in [0.1, 0.15) is 11.1 Å². The highest BCUT2D eigenvalue weighted by Crippen LogP contribution is 2.51. The molecule has 0 fully saturated rings. The molecule has 0 aliphatic carbocycles. The van der Waals surface area contributed by atoms with Crippen LogP contribution in [0.4, 0.5) is 0 Å². The summed E-state index contributed by atoms with van der Waals surface area (Å²) in [5, 5.41) is 28.5. The number of aromatic nitrogens is 4. The third-order valence-corrected chi connectivity index (χ3v) is 19.3. The lowest BCUT2D eigenvalue weighted by Gasteiger charge is -2.26. The van der Waals surface area contributed by atoms with Crippen molar-refractivity contribution in [3.63, 3.8) is 0 Å². The summed E-state index contributed by atoms with van der Waals surface area (Å²) < 4.78 is 7.25. The normalized spacial score (nSPS) is 11.5. The van der Waals surface area contributed by atoms with Gasteiger partial charge >= 0.3 is 0 Å². The zero-order valence-electron chi connectivity index (χ0n) is 52.5. The number of hydrogen-bond donors (Lipinski definition) is 0. The van der Waals surface area contributed by atoms with Gasteiger partial charge in [0.2, 0.25) is 0 Å². The van der Waals surface area contributed by atoms with E-state index in [9.17, 15) is 10.5 Å². The summed E-state index contributed by atoms with van der Waals surface area (Å²) in [6, 6.07) is 126. The van der Waals surface area contributed by atoms with Gasteiger partial charge in [-0.3, -0.25) is 4.57 Å². The zero-order chi connectivity index (χ0) is 64.5.